The topological polar surface area (TPSA) is 24.5 Å². The van der Waals surface area contributed by atoms with Crippen molar-refractivity contribution in [3.8, 4) is 5.75 Å². The van der Waals surface area contributed by atoms with Crippen molar-refractivity contribution >= 4 is 5.69 Å². The third kappa shape index (κ3) is 3.16. The lowest BCUT2D eigenvalue weighted by atomic mass is 9.97. The van der Waals surface area contributed by atoms with Gasteiger partial charge in [0.2, 0.25) is 0 Å². The zero-order valence-corrected chi connectivity index (χ0v) is 12.9. The Morgan fingerprint density at radius 3 is 2.48 bits per heavy atom. The number of hydrogen-bond acceptors (Lipinski definition) is 3. The van der Waals surface area contributed by atoms with Gasteiger partial charge in [-0.25, -0.2) is 4.39 Å². The van der Waals surface area contributed by atoms with E-state index in [-0.39, 0.29) is 17.6 Å². The van der Waals surface area contributed by atoms with Crippen molar-refractivity contribution in [1.82, 2.24) is 5.32 Å². The summed E-state index contributed by atoms with van der Waals surface area (Å²) in [5.74, 6) is -0.0638. The maximum Gasteiger partial charge on any atom is 0.170 e. The Balaban J connectivity index is 2.47. The number of anilines is 1. The van der Waals surface area contributed by atoms with Gasteiger partial charge in [0.25, 0.3) is 0 Å². The fourth-order valence-corrected chi connectivity index (χ4v) is 2.39. The first kappa shape index (κ1) is 15.3. The Morgan fingerprint density at radius 1 is 1.14 bits per heavy atom. The van der Waals surface area contributed by atoms with Crippen molar-refractivity contribution in [2.24, 2.45) is 0 Å². The summed E-state index contributed by atoms with van der Waals surface area (Å²) in [7, 11) is 7.27. The van der Waals surface area contributed by atoms with Crippen LogP contribution >= 0.6 is 0 Å². The average molecular weight is 288 g/mol. The predicted molar refractivity (Wildman–Crippen MR) is 84.6 cm³/mol. The molecule has 0 aromatic heterocycles. The molecule has 2 aromatic carbocycles. The molecular formula is C17H21FN2O. The van der Waals surface area contributed by atoms with Crippen LogP contribution < -0.4 is 15.0 Å². The molecular weight excluding hydrogens is 267 g/mol. The average Bonchev–Trinajstić information content (AvgIpc) is 2.50. The second-order valence-electron chi connectivity index (χ2n) is 5.07. The van der Waals surface area contributed by atoms with E-state index in [4.69, 9.17) is 4.74 Å². The van der Waals surface area contributed by atoms with Crippen molar-refractivity contribution in [3.63, 3.8) is 0 Å². The van der Waals surface area contributed by atoms with Crippen molar-refractivity contribution in [2.45, 2.75) is 6.04 Å². The molecule has 112 valence electrons. The molecule has 1 unspecified atom stereocenters. The zero-order valence-electron chi connectivity index (χ0n) is 12.9. The number of hydrogen-bond donors (Lipinski definition) is 1. The van der Waals surface area contributed by atoms with E-state index < -0.39 is 0 Å². The van der Waals surface area contributed by atoms with Gasteiger partial charge in [0.05, 0.1) is 13.2 Å². The zero-order chi connectivity index (χ0) is 15.4. The molecule has 0 fully saturated rings. The summed E-state index contributed by atoms with van der Waals surface area (Å²) in [5, 5.41) is 3.18. The fourth-order valence-electron chi connectivity index (χ4n) is 2.39. The summed E-state index contributed by atoms with van der Waals surface area (Å²) < 4.78 is 19.5. The van der Waals surface area contributed by atoms with Crippen LogP contribution in [0.5, 0.6) is 5.75 Å². The molecule has 0 saturated carbocycles. The van der Waals surface area contributed by atoms with Gasteiger partial charge < -0.3 is 15.0 Å². The number of rotatable bonds is 5. The minimum atomic E-state index is -0.324. The van der Waals surface area contributed by atoms with Crippen LogP contribution in [0.3, 0.4) is 0 Å². The van der Waals surface area contributed by atoms with Crippen LogP contribution in [0.15, 0.2) is 42.5 Å². The monoisotopic (exact) mass is 288 g/mol. The molecule has 4 heteroatoms. The number of benzene rings is 2. The van der Waals surface area contributed by atoms with Crippen LogP contribution in [0.4, 0.5) is 10.1 Å². The summed E-state index contributed by atoms with van der Waals surface area (Å²) >= 11 is 0. The highest BCUT2D eigenvalue weighted by atomic mass is 19.1. The number of nitrogens with one attached hydrogen (secondary N) is 1. The number of halogens is 1. The highest BCUT2D eigenvalue weighted by Gasteiger charge is 2.19. The molecule has 0 spiro atoms. The Bertz CT molecular complexity index is 613. The van der Waals surface area contributed by atoms with E-state index in [2.05, 4.69) is 11.4 Å². The van der Waals surface area contributed by atoms with E-state index in [9.17, 15) is 4.39 Å². The van der Waals surface area contributed by atoms with Gasteiger partial charge >= 0.3 is 0 Å². The molecule has 3 nitrogen and oxygen atoms in total. The van der Waals surface area contributed by atoms with Crippen molar-refractivity contribution in [3.05, 3.63) is 59.4 Å². The number of methoxy groups -OCH3 is 1. The van der Waals surface area contributed by atoms with E-state index in [0.29, 0.717) is 5.56 Å². The van der Waals surface area contributed by atoms with E-state index >= 15 is 0 Å². The largest absolute Gasteiger partial charge is 0.494 e. The molecule has 0 saturated heterocycles. The molecule has 1 N–H and O–H groups in total. The van der Waals surface area contributed by atoms with E-state index in [0.717, 1.165) is 11.3 Å². The highest BCUT2D eigenvalue weighted by molar-refractivity contribution is 5.50. The summed E-state index contributed by atoms with van der Waals surface area (Å²) in [6.45, 7) is 0. The molecule has 21 heavy (non-hydrogen) atoms. The van der Waals surface area contributed by atoms with Crippen LogP contribution in [0.25, 0.3) is 0 Å². The van der Waals surface area contributed by atoms with Gasteiger partial charge in [0.15, 0.2) is 11.6 Å². The minimum absolute atomic E-state index is 0.222. The Kier molecular flexibility index (Phi) is 4.81. The summed E-state index contributed by atoms with van der Waals surface area (Å²) in [6, 6.07) is 13.0. The first-order chi connectivity index (χ1) is 10.1. The second-order valence-corrected chi connectivity index (χ2v) is 5.07. The van der Waals surface area contributed by atoms with Crippen molar-refractivity contribution in [1.29, 1.82) is 0 Å². The van der Waals surface area contributed by atoms with Crippen molar-refractivity contribution in [2.75, 3.05) is 33.2 Å². The first-order valence-corrected chi connectivity index (χ1v) is 6.85. The van der Waals surface area contributed by atoms with Crippen molar-refractivity contribution < 1.29 is 9.13 Å². The van der Waals surface area contributed by atoms with Gasteiger partial charge in [0.1, 0.15) is 0 Å². The third-order valence-electron chi connectivity index (χ3n) is 3.53. The normalized spacial score (nSPS) is 12.0. The smallest absolute Gasteiger partial charge is 0.170 e. The third-order valence-corrected chi connectivity index (χ3v) is 3.53. The number of nitrogens with zero attached hydrogens (tertiary/aromatic N) is 1. The quantitative estimate of drug-likeness (QED) is 0.914. The fraction of sp³-hybridized carbons (Fsp3) is 0.294. The number of ether oxygens (including phenoxy) is 1. The molecule has 0 bridgehead atoms. The minimum Gasteiger partial charge on any atom is -0.494 e. The van der Waals surface area contributed by atoms with Gasteiger partial charge in [-0.15, -0.1) is 0 Å². The molecule has 0 amide bonds. The maximum atomic E-state index is 14.5. The van der Waals surface area contributed by atoms with Gasteiger partial charge in [-0.1, -0.05) is 24.3 Å². The molecule has 0 aliphatic carbocycles. The summed E-state index contributed by atoms with van der Waals surface area (Å²) in [6.07, 6.45) is 0. The first-order valence-electron chi connectivity index (χ1n) is 6.85. The van der Waals surface area contributed by atoms with E-state index in [1.54, 1.807) is 18.2 Å². The van der Waals surface area contributed by atoms with Gasteiger partial charge in [-0.2, -0.15) is 0 Å². The van der Waals surface area contributed by atoms with E-state index in [1.807, 2.05) is 44.2 Å². The Hall–Kier alpha value is -2.07. The second kappa shape index (κ2) is 6.59. The Labute approximate surface area is 125 Å². The summed E-state index contributed by atoms with van der Waals surface area (Å²) in [5.41, 5.74) is 2.67. The maximum absolute atomic E-state index is 14.5. The van der Waals surface area contributed by atoms with Crippen LogP contribution in [0, 0.1) is 5.82 Å². The van der Waals surface area contributed by atoms with Gasteiger partial charge in [-0.05, 0) is 30.8 Å². The molecule has 2 rings (SSSR count). The van der Waals surface area contributed by atoms with Crippen LogP contribution in [-0.4, -0.2) is 28.3 Å². The lowest BCUT2D eigenvalue weighted by Gasteiger charge is -2.21. The van der Waals surface area contributed by atoms with E-state index in [1.165, 1.54) is 7.11 Å². The predicted octanol–water partition coefficient (Wildman–Crippen LogP) is 3.21. The molecule has 0 radical (unpaired) electrons. The van der Waals surface area contributed by atoms with Crippen LogP contribution in [0.1, 0.15) is 17.2 Å². The van der Waals surface area contributed by atoms with Crippen LogP contribution in [0.2, 0.25) is 0 Å². The standard InChI is InChI=1S/C17H21FN2O/c1-19-17(12-7-5-8-13(11-12)20(2)3)14-9-6-10-15(21-4)16(14)18/h5-11,17,19H,1-4H3. The molecule has 2 aromatic rings. The van der Waals surface area contributed by atoms with Gasteiger partial charge in [-0.3, -0.25) is 0 Å². The Morgan fingerprint density at radius 2 is 1.86 bits per heavy atom. The SMILES string of the molecule is CNC(c1cccc(N(C)C)c1)c1cccc(OC)c1F. The molecule has 0 aliphatic heterocycles. The molecule has 0 heterocycles. The molecule has 1 atom stereocenters. The highest BCUT2D eigenvalue weighted by Crippen LogP contribution is 2.30. The summed E-state index contributed by atoms with van der Waals surface area (Å²) in [4.78, 5) is 2.03. The lowest BCUT2D eigenvalue weighted by Crippen LogP contribution is -2.20. The molecule has 0 aliphatic rings. The lowest BCUT2D eigenvalue weighted by molar-refractivity contribution is 0.382. The van der Waals surface area contributed by atoms with Crippen LogP contribution in [-0.2, 0) is 0 Å². The van der Waals surface area contributed by atoms with Gasteiger partial charge in [0, 0.05) is 25.3 Å².